The van der Waals surface area contributed by atoms with Gasteiger partial charge < -0.3 is 14.8 Å². The van der Waals surface area contributed by atoms with Gasteiger partial charge in [-0.25, -0.2) is 0 Å². The van der Waals surface area contributed by atoms with Crippen molar-refractivity contribution in [2.45, 2.75) is 0 Å². The molecule has 5 rings (SSSR count). The van der Waals surface area contributed by atoms with Gasteiger partial charge in [0, 0.05) is 11.1 Å². The summed E-state index contributed by atoms with van der Waals surface area (Å²) < 4.78 is 10.7. The van der Waals surface area contributed by atoms with Gasteiger partial charge >= 0.3 is 0 Å². The van der Waals surface area contributed by atoms with Crippen molar-refractivity contribution >= 4 is 22.8 Å². The summed E-state index contributed by atoms with van der Waals surface area (Å²) in [5, 5.41) is 20.2. The SMILES string of the molecule is O=C(Nc1[nH]ncc1-c1ccc2c(c1)OCO2)c1ccc2n[nH]nc2c1. The molecule has 0 saturated heterocycles. The highest BCUT2D eigenvalue weighted by Gasteiger charge is 2.17. The van der Waals surface area contributed by atoms with Gasteiger partial charge in [0.25, 0.3) is 5.91 Å². The average Bonchev–Trinajstić information content (AvgIpc) is 3.40. The second kappa shape index (κ2) is 5.59. The fraction of sp³-hybridized carbons (Fsp3) is 0.0588. The van der Waals surface area contributed by atoms with Gasteiger partial charge in [-0.2, -0.15) is 20.5 Å². The van der Waals surface area contributed by atoms with Gasteiger partial charge in [-0.3, -0.25) is 9.89 Å². The fourth-order valence-electron chi connectivity index (χ4n) is 2.83. The van der Waals surface area contributed by atoms with Crippen molar-refractivity contribution in [3.63, 3.8) is 0 Å². The molecule has 128 valence electrons. The molecule has 4 aromatic rings. The zero-order valence-electron chi connectivity index (χ0n) is 13.3. The van der Waals surface area contributed by atoms with E-state index in [0.717, 1.165) is 11.1 Å². The van der Waals surface area contributed by atoms with E-state index in [1.54, 1.807) is 24.4 Å². The van der Waals surface area contributed by atoms with Crippen molar-refractivity contribution in [1.29, 1.82) is 0 Å². The van der Waals surface area contributed by atoms with Crippen LogP contribution in [0.25, 0.3) is 22.2 Å². The number of hydrogen-bond donors (Lipinski definition) is 3. The molecule has 26 heavy (non-hydrogen) atoms. The predicted molar refractivity (Wildman–Crippen MR) is 92.0 cm³/mol. The Bertz CT molecular complexity index is 1130. The Hall–Kier alpha value is -3.88. The molecule has 9 nitrogen and oxygen atoms in total. The lowest BCUT2D eigenvalue weighted by Crippen LogP contribution is -2.12. The van der Waals surface area contributed by atoms with Crippen LogP contribution >= 0.6 is 0 Å². The molecule has 0 spiro atoms. The van der Waals surface area contributed by atoms with Crippen LogP contribution in [-0.4, -0.2) is 38.3 Å². The number of nitrogens with zero attached hydrogens (tertiary/aromatic N) is 3. The molecule has 1 aliphatic rings. The lowest BCUT2D eigenvalue weighted by atomic mass is 10.1. The van der Waals surface area contributed by atoms with Crippen LogP contribution in [-0.2, 0) is 0 Å². The normalized spacial score (nSPS) is 12.5. The summed E-state index contributed by atoms with van der Waals surface area (Å²) in [7, 11) is 0. The number of carbonyl (C=O) groups is 1. The maximum absolute atomic E-state index is 12.6. The molecule has 9 heteroatoms. The molecule has 0 bridgehead atoms. The molecule has 2 aromatic carbocycles. The van der Waals surface area contributed by atoms with E-state index in [0.29, 0.717) is 33.9 Å². The maximum Gasteiger partial charge on any atom is 0.256 e. The van der Waals surface area contributed by atoms with Crippen LogP contribution in [0.5, 0.6) is 11.5 Å². The molecule has 2 aromatic heterocycles. The van der Waals surface area contributed by atoms with E-state index >= 15 is 0 Å². The summed E-state index contributed by atoms with van der Waals surface area (Å²) in [4.78, 5) is 12.6. The second-order valence-electron chi connectivity index (χ2n) is 5.71. The number of H-pyrrole nitrogens is 2. The van der Waals surface area contributed by atoms with Crippen LogP contribution in [0.15, 0.2) is 42.6 Å². The molecule has 3 N–H and O–H groups in total. The molecular formula is C17H12N6O3. The third-order valence-electron chi connectivity index (χ3n) is 4.14. The minimum atomic E-state index is -0.277. The van der Waals surface area contributed by atoms with Gasteiger partial charge in [0.2, 0.25) is 6.79 Å². The minimum absolute atomic E-state index is 0.207. The minimum Gasteiger partial charge on any atom is -0.454 e. The molecule has 3 heterocycles. The number of hydrogen-bond acceptors (Lipinski definition) is 6. The van der Waals surface area contributed by atoms with Crippen molar-refractivity contribution in [1.82, 2.24) is 25.6 Å². The van der Waals surface area contributed by atoms with E-state index in [4.69, 9.17) is 9.47 Å². The lowest BCUT2D eigenvalue weighted by Gasteiger charge is -2.07. The van der Waals surface area contributed by atoms with Crippen LogP contribution in [0.1, 0.15) is 10.4 Å². The molecule has 0 atom stereocenters. The molecule has 1 amide bonds. The molecule has 0 unspecified atom stereocenters. The van der Waals surface area contributed by atoms with E-state index in [1.165, 1.54) is 0 Å². The zero-order chi connectivity index (χ0) is 17.5. The molecule has 1 aliphatic heterocycles. The number of amides is 1. The smallest absolute Gasteiger partial charge is 0.256 e. The number of rotatable bonds is 3. The zero-order valence-corrected chi connectivity index (χ0v) is 13.3. The first-order valence-electron chi connectivity index (χ1n) is 7.83. The lowest BCUT2D eigenvalue weighted by molar-refractivity contribution is 0.102. The van der Waals surface area contributed by atoms with Gasteiger partial charge in [-0.1, -0.05) is 6.07 Å². The highest BCUT2D eigenvalue weighted by Crippen LogP contribution is 2.37. The Morgan fingerprint density at radius 2 is 1.92 bits per heavy atom. The number of carbonyl (C=O) groups excluding carboxylic acids is 1. The highest BCUT2D eigenvalue weighted by atomic mass is 16.7. The van der Waals surface area contributed by atoms with E-state index < -0.39 is 0 Å². The Kier molecular flexibility index (Phi) is 3.11. The summed E-state index contributed by atoms with van der Waals surface area (Å²) in [6.45, 7) is 0.207. The average molecular weight is 348 g/mol. The van der Waals surface area contributed by atoms with Crippen LogP contribution in [0.4, 0.5) is 5.82 Å². The summed E-state index contributed by atoms with van der Waals surface area (Å²) >= 11 is 0. The predicted octanol–water partition coefficient (Wildman–Crippen LogP) is 2.33. The summed E-state index contributed by atoms with van der Waals surface area (Å²) in [5.74, 6) is 1.58. The van der Waals surface area contributed by atoms with Crippen LogP contribution < -0.4 is 14.8 Å². The topological polar surface area (TPSA) is 118 Å². The monoisotopic (exact) mass is 348 g/mol. The maximum atomic E-state index is 12.6. The van der Waals surface area contributed by atoms with Gasteiger partial charge in [0.05, 0.1) is 6.20 Å². The van der Waals surface area contributed by atoms with Gasteiger partial charge in [-0.15, -0.1) is 0 Å². The van der Waals surface area contributed by atoms with Crippen LogP contribution in [0, 0.1) is 0 Å². The van der Waals surface area contributed by atoms with Crippen molar-refractivity contribution in [2.75, 3.05) is 12.1 Å². The fourth-order valence-corrected chi connectivity index (χ4v) is 2.83. The number of fused-ring (bicyclic) bond motifs is 2. The first-order chi connectivity index (χ1) is 12.8. The Balaban J connectivity index is 1.44. The Labute approximate surface area is 146 Å². The van der Waals surface area contributed by atoms with Crippen molar-refractivity contribution in [3.05, 3.63) is 48.2 Å². The highest BCUT2D eigenvalue weighted by molar-refractivity contribution is 6.07. The first kappa shape index (κ1) is 14.5. The van der Waals surface area contributed by atoms with E-state index in [1.807, 2.05) is 18.2 Å². The largest absolute Gasteiger partial charge is 0.454 e. The third-order valence-corrected chi connectivity index (χ3v) is 4.14. The van der Waals surface area contributed by atoms with Crippen molar-refractivity contribution in [3.8, 4) is 22.6 Å². The summed E-state index contributed by atoms with van der Waals surface area (Å²) in [5.41, 5.74) is 3.39. The van der Waals surface area contributed by atoms with E-state index in [-0.39, 0.29) is 12.7 Å². The number of anilines is 1. The van der Waals surface area contributed by atoms with Crippen LogP contribution in [0.3, 0.4) is 0 Å². The second-order valence-corrected chi connectivity index (χ2v) is 5.71. The first-order valence-corrected chi connectivity index (χ1v) is 7.83. The number of benzene rings is 2. The third kappa shape index (κ3) is 2.34. The molecular weight excluding hydrogens is 336 g/mol. The number of nitrogens with one attached hydrogen (secondary N) is 3. The molecule has 0 aliphatic carbocycles. The summed E-state index contributed by atoms with van der Waals surface area (Å²) in [6, 6.07) is 10.7. The number of aromatic nitrogens is 5. The van der Waals surface area contributed by atoms with Crippen molar-refractivity contribution in [2.24, 2.45) is 0 Å². The molecule has 0 radical (unpaired) electrons. The van der Waals surface area contributed by atoms with Crippen molar-refractivity contribution < 1.29 is 14.3 Å². The van der Waals surface area contributed by atoms with E-state index in [9.17, 15) is 4.79 Å². The number of ether oxygens (including phenoxy) is 2. The number of aromatic amines is 2. The standard InChI is InChI=1S/C17H12N6O3/c24-17(10-1-3-12-13(5-10)21-23-20-12)19-16-11(7-18-22-16)9-2-4-14-15(6-9)26-8-25-14/h1-7H,8H2,(H,20,21,23)(H2,18,19,22,24). The summed E-state index contributed by atoms with van der Waals surface area (Å²) in [6.07, 6.45) is 1.65. The Morgan fingerprint density at radius 3 is 2.88 bits per heavy atom. The molecule has 0 fully saturated rings. The van der Waals surface area contributed by atoms with Gasteiger partial charge in [-0.05, 0) is 35.9 Å². The van der Waals surface area contributed by atoms with Crippen LogP contribution in [0.2, 0.25) is 0 Å². The Morgan fingerprint density at radius 1 is 1.04 bits per heavy atom. The van der Waals surface area contributed by atoms with Gasteiger partial charge in [0.1, 0.15) is 16.9 Å². The molecule has 0 saturated carbocycles. The van der Waals surface area contributed by atoms with E-state index in [2.05, 4.69) is 30.9 Å². The quantitative estimate of drug-likeness (QED) is 0.523. The van der Waals surface area contributed by atoms with Gasteiger partial charge in [0.15, 0.2) is 11.5 Å².